The van der Waals surface area contributed by atoms with Gasteiger partial charge in [0, 0.05) is 0 Å². The first-order valence-corrected chi connectivity index (χ1v) is 4.61. The number of rotatable bonds is 2. The number of H-pyrrole nitrogens is 1. The van der Waals surface area contributed by atoms with E-state index >= 15 is 0 Å². The van der Waals surface area contributed by atoms with Gasteiger partial charge in [-0.25, -0.2) is 4.79 Å². The zero-order chi connectivity index (χ0) is 11.5. The quantitative estimate of drug-likeness (QED) is 0.757. The minimum Gasteiger partial charge on any atom is -0.444 e. The topological polar surface area (TPSA) is 92.8 Å². The van der Waals surface area contributed by atoms with Gasteiger partial charge in [-0.1, -0.05) is 5.21 Å². The number of carbonyl (C=O) groups excluding carboxylic acids is 1. The van der Waals surface area contributed by atoms with Crippen molar-refractivity contribution in [2.24, 2.45) is 0 Å². The van der Waals surface area contributed by atoms with Crippen LogP contribution < -0.4 is 5.32 Å². The normalized spacial score (nSPS) is 13.3. The second-order valence-corrected chi connectivity index (χ2v) is 4.14. The number of tetrazole rings is 1. The molecule has 0 aliphatic carbocycles. The summed E-state index contributed by atoms with van der Waals surface area (Å²) in [7, 11) is 0. The standard InChI is InChI=1S/C8H15N5O2/c1-5(6-10-12-13-11-6)9-7(14)15-8(2,3)4/h5H,1-4H3,(H,9,14)(H,10,11,12,13)/t5-/m1/s1. The highest BCUT2D eigenvalue weighted by molar-refractivity contribution is 5.68. The van der Waals surface area contributed by atoms with Gasteiger partial charge in [0.1, 0.15) is 5.60 Å². The number of aromatic amines is 1. The first-order valence-electron chi connectivity index (χ1n) is 4.61. The molecule has 0 bridgehead atoms. The van der Waals surface area contributed by atoms with E-state index in [1.165, 1.54) is 0 Å². The number of alkyl carbamates (subject to hydrolysis) is 1. The van der Waals surface area contributed by atoms with Crippen molar-refractivity contribution in [2.75, 3.05) is 0 Å². The molecule has 0 radical (unpaired) electrons. The Morgan fingerprint density at radius 1 is 1.53 bits per heavy atom. The van der Waals surface area contributed by atoms with Crippen LogP contribution in [-0.2, 0) is 4.74 Å². The summed E-state index contributed by atoms with van der Waals surface area (Å²) in [4.78, 5) is 11.3. The molecule has 15 heavy (non-hydrogen) atoms. The number of nitrogens with one attached hydrogen (secondary N) is 2. The Morgan fingerprint density at radius 3 is 2.67 bits per heavy atom. The second-order valence-electron chi connectivity index (χ2n) is 4.14. The summed E-state index contributed by atoms with van der Waals surface area (Å²) < 4.78 is 5.07. The highest BCUT2D eigenvalue weighted by Gasteiger charge is 2.19. The van der Waals surface area contributed by atoms with E-state index in [1.54, 1.807) is 27.7 Å². The molecule has 0 aliphatic rings. The average molecular weight is 213 g/mol. The number of carbonyl (C=O) groups is 1. The van der Waals surface area contributed by atoms with E-state index in [4.69, 9.17) is 4.74 Å². The molecule has 0 aromatic carbocycles. The molecule has 1 rings (SSSR count). The van der Waals surface area contributed by atoms with Crippen molar-refractivity contribution in [3.05, 3.63) is 5.82 Å². The van der Waals surface area contributed by atoms with E-state index < -0.39 is 11.7 Å². The summed E-state index contributed by atoms with van der Waals surface area (Å²) in [5, 5.41) is 15.8. The van der Waals surface area contributed by atoms with Gasteiger partial charge in [0.25, 0.3) is 0 Å². The number of hydrogen-bond acceptors (Lipinski definition) is 5. The van der Waals surface area contributed by atoms with Crippen molar-refractivity contribution in [2.45, 2.75) is 39.3 Å². The maximum atomic E-state index is 11.3. The zero-order valence-electron chi connectivity index (χ0n) is 9.24. The molecule has 0 saturated carbocycles. The maximum absolute atomic E-state index is 11.3. The number of aromatic nitrogens is 4. The second kappa shape index (κ2) is 4.24. The van der Waals surface area contributed by atoms with E-state index in [9.17, 15) is 4.79 Å². The van der Waals surface area contributed by atoms with Gasteiger partial charge in [-0.05, 0) is 27.7 Å². The van der Waals surface area contributed by atoms with Gasteiger partial charge >= 0.3 is 6.09 Å². The molecule has 2 N–H and O–H groups in total. The van der Waals surface area contributed by atoms with Crippen LogP contribution in [0.4, 0.5) is 4.79 Å². The molecule has 1 amide bonds. The molecule has 7 heteroatoms. The Balaban J connectivity index is 2.45. The van der Waals surface area contributed by atoms with Gasteiger partial charge in [0.05, 0.1) is 6.04 Å². The van der Waals surface area contributed by atoms with Crippen molar-refractivity contribution in [3.63, 3.8) is 0 Å². The van der Waals surface area contributed by atoms with Gasteiger partial charge < -0.3 is 10.1 Å². The number of amides is 1. The van der Waals surface area contributed by atoms with Crippen LogP contribution in [-0.4, -0.2) is 32.3 Å². The lowest BCUT2D eigenvalue weighted by Crippen LogP contribution is -2.34. The smallest absolute Gasteiger partial charge is 0.408 e. The fraction of sp³-hybridized carbons (Fsp3) is 0.750. The molecule has 1 heterocycles. The Morgan fingerprint density at radius 2 is 2.20 bits per heavy atom. The molecule has 1 aromatic heterocycles. The van der Waals surface area contributed by atoms with E-state index in [2.05, 4.69) is 25.9 Å². The molecule has 1 aromatic rings. The first kappa shape index (κ1) is 11.4. The molecule has 7 nitrogen and oxygen atoms in total. The van der Waals surface area contributed by atoms with Gasteiger partial charge in [0.2, 0.25) is 0 Å². The number of nitrogens with zero attached hydrogens (tertiary/aromatic N) is 3. The molecule has 0 spiro atoms. The molecule has 0 aliphatic heterocycles. The van der Waals surface area contributed by atoms with Crippen LogP contribution in [0.2, 0.25) is 0 Å². The van der Waals surface area contributed by atoms with E-state index in [0.29, 0.717) is 5.82 Å². The largest absolute Gasteiger partial charge is 0.444 e. The van der Waals surface area contributed by atoms with Crippen LogP contribution >= 0.6 is 0 Å². The first-order chi connectivity index (χ1) is 6.88. The summed E-state index contributed by atoms with van der Waals surface area (Å²) in [6.45, 7) is 7.14. The lowest BCUT2D eigenvalue weighted by atomic mass is 10.2. The fourth-order valence-electron chi connectivity index (χ4n) is 0.902. The van der Waals surface area contributed by atoms with Gasteiger partial charge in [-0.15, -0.1) is 10.2 Å². The predicted molar refractivity (Wildman–Crippen MR) is 52.0 cm³/mol. The summed E-state index contributed by atoms with van der Waals surface area (Å²) in [6.07, 6.45) is -0.500. The fourth-order valence-corrected chi connectivity index (χ4v) is 0.902. The average Bonchev–Trinajstić information content (AvgIpc) is 2.50. The third-order valence-electron chi connectivity index (χ3n) is 1.48. The van der Waals surface area contributed by atoms with Gasteiger partial charge in [0.15, 0.2) is 5.82 Å². The predicted octanol–water partition coefficient (Wildman–Crippen LogP) is 0.785. The van der Waals surface area contributed by atoms with Crippen LogP contribution in [0.5, 0.6) is 0 Å². The Kier molecular flexibility index (Phi) is 3.23. The number of ether oxygens (including phenoxy) is 1. The summed E-state index contributed by atoms with van der Waals surface area (Å²) in [6, 6.07) is -0.335. The van der Waals surface area contributed by atoms with Crippen molar-refractivity contribution in [3.8, 4) is 0 Å². The maximum Gasteiger partial charge on any atom is 0.408 e. The van der Waals surface area contributed by atoms with Crippen LogP contribution in [0.1, 0.15) is 39.6 Å². The highest BCUT2D eigenvalue weighted by Crippen LogP contribution is 2.09. The van der Waals surface area contributed by atoms with Gasteiger partial charge in [-0.2, -0.15) is 5.21 Å². The highest BCUT2D eigenvalue weighted by atomic mass is 16.6. The molecule has 0 saturated heterocycles. The monoisotopic (exact) mass is 213 g/mol. The molecule has 0 unspecified atom stereocenters. The van der Waals surface area contributed by atoms with E-state index in [1.807, 2.05) is 0 Å². The van der Waals surface area contributed by atoms with Crippen molar-refractivity contribution in [1.82, 2.24) is 25.9 Å². The molecule has 1 atom stereocenters. The van der Waals surface area contributed by atoms with E-state index in [-0.39, 0.29) is 6.04 Å². The van der Waals surface area contributed by atoms with Crippen LogP contribution in [0.3, 0.4) is 0 Å². The van der Waals surface area contributed by atoms with Crippen molar-refractivity contribution < 1.29 is 9.53 Å². The minimum atomic E-state index is -0.513. The molecule has 84 valence electrons. The van der Waals surface area contributed by atoms with Gasteiger partial charge in [-0.3, -0.25) is 0 Å². The van der Waals surface area contributed by atoms with Crippen molar-refractivity contribution >= 4 is 6.09 Å². The molecular weight excluding hydrogens is 198 g/mol. The van der Waals surface area contributed by atoms with Crippen LogP contribution in [0, 0.1) is 0 Å². The Hall–Kier alpha value is -1.66. The SMILES string of the molecule is C[C@@H](NC(=O)OC(C)(C)C)c1nn[nH]n1. The number of hydrogen-bond donors (Lipinski definition) is 2. The molecule has 0 fully saturated rings. The Bertz CT molecular complexity index is 316. The zero-order valence-corrected chi connectivity index (χ0v) is 9.24. The van der Waals surface area contributed by atoms with E-state index in [0.717, 1.165) is 0 Å². The summed E-state index contributed by atoms with van der Waals surface area (Å²) in [5.41, 5.74) is -0.513. The molecular formula is C8H15N5O2. The minimum absolute atomic E-state index is 0.335. The third-order valence-corrected chi connectivity index (χ3v) is 1.48. The van der Waals surface area contributed by atoms with Crippen LogP contribution in [0.15, 0.2) is 0 Å². The van der Waals surface area contributed by atoms with Crippen molar-refractivity contribution in [1.29, 1.82) is 0 Å². The summed E-state index contributed by atoms with van der Waals surface area (Å²) in [5.74, 6) is 0.417. The lowest BCUT2D eigenvalue weighted by Gasteiger charge is -2.20. The lowest BCUT2D eigenvalue weighted by molar-refractivity contribution is 0.0506. The summed E-state index contributed by atoms with van der Waals surface area (Å²) >= 11 is 0. The third kappa shape index (κ3) is 3.92. The Labute approximate surface area is 87.6 Å². The van der Waals surface area contributed by atoms with Crippen LogP contribution in [0.25, 0.3) is 0 Å².